The maximum atomic E-state index is 9.04. The molecule has 0 aliphatic heterocycles. The van der Waals surface area contributed by atoms with Crippen molar-refractivity contribution in [3.8, 4) is 0 Å². The van der Waals surface area contributed by atoms with Crippen molar-refractivity contribution >= 4 is 0 Å². The van der Waals surface area contributed by atoms with Gasteiger partial charge in [-0.05, 0) is 19.3 Å². The molecular formula is C11H22O2. The van der Waals surface area contributed by atoms with Crippen LogP contribution >= 0.6 is 0 Å². The molecule has 0 bridgehead atoms. The number of rotatable bonds is 9. The summed E-state index contributed by atoms with van der Waals surface area (Å²) in [6.07, 6.45) is 9.18. The number of aliphatic hydroxyl groups excluding tert-OH is 2. The minimum atomic E-state index is -0.506. The third-order valence-corrected chi connectivity index (χ3v) is 2.16. The number of allylic oxidation sites excluding steroid dienone is 1. The van der Waals surface area contributed by atoms with Gasteiger partial charge < -0.3 is 10.2 Å². The fraction of sp³-hybridized carbons (Fsp3) is 0.818. The van der Waals surface area contributed by atoms with Crippen LogP contribution in [-0.2, 0) is 0 Å². The van der Waals surface area contributed by atoms with Crippen LogP contribution in [0, 0.1) is 0 Å². The summed E-state index contributed by atoms with van der Waals surface area (Å²) < 4.78 is 0. The van der Waals surface area contributed by atoms with Gasteiger partial charge in [0, 0.05) is 0 Å². The molecule has 2 N–H and O–H groups in total. The molecule has 0 aromatic heterocycles. The minimum absolute atomic E-state index is 0.101. The highest BCUT2D eigenvalue weighted by atomic mass is 16.3. The van der Waals surface area contributed by atoms with Gasteiger partial charge in [-0.25, -0.2) is 0 Å². The smallest absolute Gasteiger partial charge is 0.0770 e. The molecule has 0 saturated carbocycles. The summed E-state index contributed by atoms with van der Waals surface area (Å²) in [5, 5.41) is 17.6. The van der Waals surface area contributed by atoms with E-state index in [-0.39, 0.29) is 6.61 Å². The summed E-state index contributed by atoms with van der Waals surface area (Å²) in [6, 6.07) is 0. The highest BCUT2D eigenvalue weighted by Gasteiger charge is 2.00. The first-order valence-corrected chi connectivity index (χ1v) is 5.21. The average molecular weight is 186 g/mol. The molecule has 13 heavy (non-hydrogen) atoms. The fourth-order valence-electron chi connectivity index (χ4n) is 1.29. The van der Waals surface area contributed by atoms with Crippen molar-refractivity contribution in [3.63, 3.8) is 0 Å². The minimum Gasteiger partial charge on any atom is -0.394 e. The van der Waals surface area contributed by atoms with E-state index in [0.29, 0.717) is 0 Å². The second-order valence-electron chi connectivity index (χ2n) is 3.47. The second-order valence-corrected chi connectivity index (χ2v) is 3.47. The Hall–Kier alpha value is -0.340. The Morgan fingerprint density at radius 3 is 2.31 bits per heavy atom. The normalized spacial score (nSPS) is 12.8. The largest absolute Gasteiger partial charge is 0.394 e. The van der Waals surface area contributed by atoms with E-state index < -0.39 is 6.10 Å². The average Bonchev–Trinajstić information content (AvgIpc) is 2.16. The van der Waals surface area contributed by atoms with E-state index in [2.05, 4.69) is 6.58 Å². The van der Waals surface area contributed by atoms with Crippen molar-refractivity contribution < 1.29 is 10.2 Å². The van der Waals surface area contributed by atoms with Crippen LogP contribution in [0.2, 0.25) is 0 Å². The zero-order valence-corrected chi connectivity index (χ0v) is 8.41. The lowest BCUT2D eigenvalue weighted by Crippen LogP contribution is -2.10. The lowest BCUT2D eigenvalue weighted by Gasteiger charge is -2.05. The molecule has 0 aliphatic rings. The second kappa shape index (κ2) is 9.75. The van der Waals surface area contributed by atoms with Gasteiger partial charge in [-0.2, -0.15) is 0 Å². The Labute approximate surface area is 81.3 Å². The third-order valence-electron chi connectivity index (χ3n) is 2.16. The molecule has 0 aliphatic carbocycles. The Bertz CT molecular complexity index is 113. The van der Waals surface area contributed by atoms with Crippen molar-refractivity contribution in [1.82, 2.24) is 0 Å². The molecule has 0 fully saturated rings. The van der Waals surface area contributed by atoms with Crippen molar-refractivity contribution in [3.05, 3.63) is 12.7 Å². The van der Waals surface area contributed by atoms with Gasteiger partial charge in [0.1, 0.15) is 0 Å². The number of hydrogen-bond acceptors (Lipinski definition) is 2. The molecule has 2 heteroatoms. The van der Waals surface area contributed by atoms with Gasteiger partial charge in [-0.15, -0.1) is 6.58 Å². The molecule has 0 amide bonds. The monoisotopic (exact) mass is 186 g/mol. The van der Waals surface area contributed by atoms with Gasteiger partial charge in [0.25, 0.3) is 0 Å². The number of unbranched alkanes of at least 4 members (excludes halogenated alkanes) is 5. The van der Waals surface area contributed by atoms with Crippen molar-refractivity contribution in [1.29, 1.82) is 0 Å². The van der Waals surface area contributed by atoms with E-state index in [1.54, 1.807) is 0 Å². The lowest BCUT2D eigenvalue weighted by atomic mass is 10.1. The maximum Gasteiger partial charge on any atom is 0.0770 e. The standard InChI is InChI=1S/C11H22O2/c1-2-3-4-5-6-7-8-9-11(13)10-12/h2,11-13H,1,3-10H2. The predicted octanol–water partition coefficient (Wildman–Crippen LogP) is 2.26. The van der Waals surface area contributed by atoms with Crippen LogP contribution in [0.3, 0.4) is 0 Å². The molecule has 1 unspecified atom stereocenters. The highest BCUT2D eigenvalue weighted by Crippen LogP contribution is 2.08. The van der Waals surface area contributed by atoms with Gasteiger partial charge in [-0.3, -0.25) is 0 Å². The molecule has 0 radical (unpaired) electrons. The Kier molecular flexibility index (Phi) is 9.49. The molecule has 78 valence electrons. The summed E-state index contributed by atoms with van der Waals surface area (Å²) in [7, 11) is 0. The first kappa shape index (κ1) is 12.7. The van der Waals surface area contributed by atoms with E-state index in [4.69, 9.17) is 10.2 Å². The van der Waals surface area contributed by atoms with Gasteiger partial charge >= 0.3 is 0 Å². The van der Waals surface area contributed by atoms with Gasteiger partial charge in [0.05, 0.1) is 12.7 Å². The highest BCUT2D eigenvalue weighted by molar-refractivity contribution is 4.65. The van der Waals surface area contributed by atoms with E-state index in [9.17, 15) is 0 Å². The van der Waals surface area contributed by atoms with Gasteiger partial charge in [0.2, 0.25) is 0 Å². The fourth-order valence-corrected chi connectivity index (χ4v) is 1.29. The van der Waals surface area contributed by atoms with E-state index >= 15 is 0 Å². The summed E-state index contributed by atoms with van der Waals surface area (Å²) >= 11 is 0. The van der Waals surface area contributed by atoms with Crippen LogP contribution in [-0.4, -0.2) is 22.9 Å². The first-order chi connectivity index (χ1) is 6.31. The Balaban J connectivity index is 2.95. The molecule has 0 spiro atoms. The topological polar surface area (TPSA) is 40.5 Å². The summed E-state index contributed by atoms with van der Waals surface area (Å²) in [5.74, 6) is 0. The van der Waals surface area contributed by atoms with Crippen LogP contribution in [0.1, 0.15) is 44.9 Å². The molecule has 0 saturated heterocycles. The summed E-state index contributed by atoms with van der Waals surface area (Å²) in [6.45, 7) is 3.57. The molecule has 2 nitrogen and oxygen atoms in total. The van der Waals surface area contributed by atoms with Crippen LogP contribution < -0.4 is 0 Å². The van der Waals surface area contributed by atoms with Crippen molar-refractivity contribution in [2.45, 2.75) is 51.0 Å². The van der Waals surface area contributed by atoms with Gasteiger partial charge in [-0.1, -0.05) is 31.8 Å². The number of hydrogen-bond donors (Lipinski definition) is 2. The predicted molar refractivity (Wildman–Crippen MR) is 55.6 cm³/mol. The maximum absolute atomic E-state index is 9.04. The van der Waals surface area contributed by atoms with Gasteiger partial charge in [0.15, 0.2) is 0 Å². The SMILES string of the molecule is C=CCCCCCCCC(O)CO. The zero-order chi connectivity index (χ0) is 9.94. The first-order valence-electron chi connectivity index (χ1n) is 5.21. The van der Waals surface area contributed by atoms with Crippen LogP contribution in [0.25, 0.3) is 0 Å². The Morgan fingerprint density at radius 2 is 1.69 bits per heavy atom. The van der Waals surface area contributed by atoms with Crippen molar-refractivity contribution in [2.24, 2.45) is 0 Å². The zero-order valence-electron chi connectivity index (χ0n) is 8.41. The van der Waals surface area contributed by atoms with E-state index in [0.717, 1.165) is 25.7 Å². The lowest BCUT2D eigenvalue weighted by molar-refractivity contribution is 0.0860. The number of aliphatic hydroxyl groups is 2. The van der Waals surface area contributed by atoms with Crippen LogP contribution in [0.15, 0.2) is 12.7 Å². The van der Waals surface area contributed by atoms with E-state index in [1.807, 2.05) is 6.08 Å². The molecular weight excluding hydrogens is 164 g/mol. The third kappa shape index (κ3) is 9.57. The quantitative estimate of drug-likeness (QED) is 0.428. The summed E-state index contributed by atoms with van der Waals surface area (Å²) in [5.41, 5.74) is 0. The Morgan fingerprint density at radius 1 is 1.08 bits per heavy atom. The molecule has 0 heterocycles. The molecule has 0 rings (SSSR count). The molecule has 0 aromatic carbocycles. The van der Waals surface area contributed by atoms with Crippen LogP contribution in [0.4, 0.5) is 0 Å². The van der Waals surface area contributed by atoms with Crippen LogP contribution in [0.5, 0.6) is 0 Å². The van der Waals surface area contributed by atoms with Crippen molar-refractivity contribution in [2.75, 3.05) is 6.61 Å². The van der Waals surface area contributed by atoms with E-state index in [1.165, 1.54) is 19.3 Å². The summed E-state index contributed by atoms with van der Waals surface area (Å²) in [4.78, 5) is 0. The molecule has 0 aromatic rings. The molecule has 1 atom stereocenters.